The highest BCUT2D eigenvalue weighted by Crippen LogP contribution is 2.27. The van der Waals surface area contributed by atoms with E-state index in [2.05, 4.69) is 14.2 Å². The van der Waals surface area contributed by atoms with E-state index in [0.29, 0.717) is 0 Å². The summed E-state index contributed by atoms with van der Waals surface area (Å²) in [6.45, 7) is 3.01. The fraction of sp³-hybridized carbons (Fsp3) is 0.800. The van der Waals surface area contributed by atoms with Crippen molar-refractivity contribution in [3.05, 3.63) is 0 Å². The van der Waals surface area contributed by atoms with Crippen LogP contribution in [0.5, 0.6) is 0 Å². The second-order valence-corrected chi connectivity index (χ2v) is 7.76. The van der Waals surface area contributed by atoms with Crippen molar-refractivity contribution in [2.24, 2.45) is 0 Å². The lowest BCUT2D eigenvalue weighted by molar-refractivity contribution is -0.270. The van der Waals surface area contributed by atoms with Crippen molar-refractivity contribution in [2.45, 2.75) is 57.5 Å². The molecule has 0 bridgehead atoms. The largest absolute Gasteiger partial charge is 0.467 e. The zero-order chi connectivity index (χ0) is 21.6. The van der Waals surface area contributed by atoms with Gasteiger partial charge in [-0.2, -0.15) is 8.42 Å². The van der Waals surface area contributed by atoms with Crippen LogP contribution in [0.4, 0.5) is 0 Å². The van der Waals surface area contributed by atoms with Crippen molar-refractivity contribution in [3.63, 3.8) is 0 Å². The Morgan fingerprint density at radius 2 is 1.82 bits per heavy atom. The quantitative estimate of drug-likeness (QED) is 0.327. The van der Waals surface area contributed by atoms with Crippen LogP contribution in [0.2, 0.25) is 0 Å². The molecule has 0 aromatic rings. The van der Waals surface area contributed by atoms with Crippen molar-refractivity contribution >= 4 is 28.0 Å². The Bertz CT molecular complexity index is 679. The lowest BCUT2D eigenvalue weighted by atomic mass is 9.96. The molecule has 12 nitrogen and oxygen atoms in total. The number of esters is 2. The van der Waals surface area contributed by atoms with Gasteiger partial charge in [-0.15, -0.1) is 0 Å². The molecule has 28 heavy (non-hydrogen) atoms. The first kappa shape index (κ1) is 24.2. The summed E-state index contributed by atoms with van der Waals surface area (Å²) in [4.78, 5) is 34.8. The third kappa shape index (κ3) is 7.31. The van der Waals surface area contributed by atoms with Gasteiger partial charge in [0.15, 0.2) is 18.5 Å². The molecule has 0 aliphatic carbocycles. The number of nitrogens with one attached hydrogen (secondary N) is 1. The number of aliphatic hydroxyl groups excluding tert-OH is 1. The topological polar surface area (TPSA) is 164 Å². The average Bonchev–Trinajstić information content (AvgIpc) is 2.56. The van der Waals surface area contributed by atoms with Crippen molar-refractivity contribution in [1.82, 2.24) is 5.32 Å². The fourth-order valence-electron chi connectivity index (χ4n) is 2.59. The number of aliphatic hydroxyl groups is 1. The molecule has 0 aromatic carbocycles. The second kappa shape index (κ2) is 10.1. The van der Waals surface area contributed by atoms with E-state index in [4.69, 9.17) is 14.2 Å². The summed E-state index contributed by atoms with van der Waals surface area (Å²) in [5.74, 6) is -2.08. The van der Waals surface area contributed by atoms with E-state index in [1.54, 1.807) is 0 Å². The van der Waals surface area contributed by atoms with Crippen molar-refractivity contribution in [2.75, 3.05) is 20.0 Å². The molecule has 1 aliphatic heterocycles. The summed E-state index contributed by atoms with van der Waals surface area (Å²) in [7, 11) is -2.73. The Hall–Kier alpha value is -1.80. The van der Waals surface area contributed by atoms with E-state index in [1.165, 1.54) is 13.8 Å². The van der Waals surface area contributed by atoms with Gasteiger partial charge in [-0.25, -0.2) is 4.79 Å². The molecule has 0 saturated carbocycles. The van der Waals surface area contributed by atoms with Gasteiger partial charge in [-0.1, -0.05) is 0 Å². The SMILES string of the molecule is COC(=O)C(C)O[C@@H]1[C@@H](NC(C)=O)[C@@H](O)O[C@H](COS(C)(=O)=O)[C@H]1OC(C)=O. The van der Waals surface area contributed by atoms with Crippen molar-refractivity contribution in [3.8, 4) is 0 Å². The number of carbonyl (C=O) groups excluding carboxylic acids is 3. The first-order valence-corrected chi connectivity index (χ1v) is 10.0. The van der Waals surface area contributed by atoms with Gasteiger partial charge in [0.2, 0.25) is 5.91 Å². The first-order valence-electron chi connectivity index (χ1n) is 8.21. The van der Waals surface area contributed by atoms with E-state index >= 15 is 0 Å². The molecule has 1 fully saturated rings. The summed E-state index contributed by atoms with van der Waals surface area (Å²) in [6, 6.07) is -1.23. The molecule has 1 aliphatic rings. The minimum Gasteiger partial charge on any atom is -0.467 e. The zero-order valence-corrected chi connectivity index (χ0v) is 16.9. The molecule has 1 rings (SSSR count). The minimum atomic E-state index is -3.87. The van der Waals surface area contributed by atoms with Crippen molar-refractivity contribution in [1.29, 1.82) is 0 Å². The van der Waals surface area contributed by atoms with Gasteiger partial charge in [-0.05, 0) is 6.92 Å². The van der Waals surface area contributed by atoms with Crippen LogP contribution in [-0.2, 0) is 47.6 Å². The van der Waals surface area contributed by atoms with E-state index < -0.39 is 71.3 Å². The summed E-state index contributed by atoms with van der Waals surface area (Å²) < 4.78 is 47.9. The van der Waals surface area contributed by atoms with Gasteiger partial charge in [-0.3, -0.25) is 13.8 Å². The Balaban J connectivity index is 3.23. The highest BCUT2D eigenvalue weighted by molar-refractivity contribution is 7.85. The lowest BCUT2D eigenvalue weighted by Gasteiger charge is -2.44. The zero-order valence-electron chi connectivity index (χ0n) is 16.1. The van der Waals surface area contributed by atoms with Crippen LogP contribution in [0.15, 0.2) is 0 Å². The van der Waals surface area contributed by atoms with Crippen LogP contribution in [0.3, 0.4) is 0 Å². The van der Waals surface area contributed by atoms with Crippen LogP contribution in [0.1, 0.15) is 20.8 Å². The van der Waals surface area contributed by atoms with Crippen LogP contribution < -0.4 is 5.32 Å². The number of hydrogen-bond acceptors (Lipinski definition) is 11. The first-order chi connectivity index (χ1) is 12.9. The standard InChI is InChI=1S/C15H25NO11S/c1-7(14(19)23-4)25-13-11(16-8(2)17)15(20)27-10(6-24-28(5,21)22)12(13)26-9(3)18/h7,10-13,15,20H,6H2,1-5H3,(H,16,17)/t7?,10-,11-,12-,13-,15+/m1/s1. The van der Waals surface area contributed by atoms with Crippen LogP contribution in [0, 0.1) is 0 Å². The molecule has 1 amide bonds. The molecular formula is C15H25NO11S. The summed E-state index contributed by atoms with van der Waals surface area (Å²) >= 11 is 0. The normalized spacial score (nSPS) is 28.9. The van der Waals surface area contributed by atoms with Gasteiger partial charge >= 0.3 is 11.9 Å². The summed E-state index contributed by atoms with van der Waals surface area (Å²) in [5.41, 5.74) is 0. The molecule has 1 heterocycles. The Morgan fingerprint density at radius 3 is 2.29 bits per heavy atom. The number of hydrogen-bond donors (Lipinski definition) is 2. The highest BCUT2D eigenvalue weighted by Gasteiger charge is 2.50. The number of amides is 1. The molecule has 13 heteroatoms. The molecular weight excluding hydrogens is 402 g/mol. The van der Waals surface area contributed by atoms with Gasteiger partial charge < -0.3 is 29.4 Å². The van der Waals surface area contributed by atoms with Gasteiger partial charge in [0.05, 0.1) is 20.0 Å². The molecule has 6 atom stereocenters. The highest BCUT2D eigenvalue weighted by atomic mass is 32.2. The molecule has 0 spiro atoms. The fourth-order valence-corrected chi connectivity index (χ4v) is 2.97. The summed E-state index contributed by atoms with van der Waals surface area (Å²) in [6.07, 6.45) is -5.88. The van der Waals surface area contributed by atoms with Gasteiger partial charge in [0, 0.05) is 13.8 Å². The third-order valence-corrected chi connectivity index (χ3v) is 4.24. The molecule has 2 N–H and O–H groups in total. The maximum Gasteiger partial charge on any atom is 0.334 e. The molecule has 162 valence electrons. The molecule has 0 radical (unpaired) electrons. The van der Waals surface area contributed by atoms with Gasteiger partial charge in [0.1, 0.15) is 18.2 Å². The Labute approximate surface area is 162 Å². The number of carbonyl (C=O) groups is 3. The monoisotopic (exact) mass is 427 g/mol. The average molecular weight is 427 g/mol. The van der Waals surface area contributed by atoms with E-state index in [-0.39, 0.29) is 0 Å². The van der Waals surface area contributed by atoms with Crippen LogP contribution in [-0.4, -0.2) is 88.1 Å². The maximum atomic E-state index is 11.7. The van der Waals surface area contributed by atoms with E-state index in [1.807, 2.05) is 0 Å². The van der Waals surface area contributed by atoms with Gasteiger partial charge in [0.25, 0.3) is 10.1 Å². The minimum absolute atomic E-state index is 0.556. The van der Waals surface area contributed by atoms with E-state index in [0.717, 1.165) is 20.3 Å². The van der Waals surface area contributed by atoms with E-state index in [9.17, 15) is 27.9 Å². The molecule has 0 aromatic heterocycles. The number of ether oxygens (including phenoxy) is 4. The lowest BCUT2D eigenvalue weighted by Crippen LogP contribution is -2.66. The summed E-state index contributed by atoms with van der Waals surface area (Å²) in [5, 5.41) is 12.7. The third-order valence-electron chi connectivity index (χ3n) is 3.68. The maximum absolute atomic E-state index is 11.7. The Kier molecular flexibility index (Phi) is 8.75. The second-order valence-electron chi connectivity index (χ2n) is 6.12. The Morgan fingerprint density at radius 1 is 1.21 bits per heavy atom. The predicted molar refractivity (Wildman–Crippen MR) is 91.2 cm³/mol. The van der Waals surface area contributed by atoms with Crippen molar-refractivity contribution < 1.29 is 51.0 Å². The van der Waals surface area contributed by atoms with Crippen LogP contribution in [0.25, 0.3) is 0 Å². The molecule has 1 unspecified atom stereocenters. The predicted octanol–water partition coefficient (Wildman–Crippen LogP) is -1.94. The number of methoxy groups -OCH3 is 1. The van der Waals surface area contributed by atoms with Crippen LogP contribution >= 0.6 is 0 Å². The molecule has 1 saturated heterocycles. The number of rotatable bonds is 8. The smallest absolute Gasteiger partial charge is 0.334 e.